The van der Waals surface area contributed by atoms with Gasteiger partial charge in [-0.1, -0.05) is 18.2 Å². The van der Waals surface area contributed by atoms with Gasteiger partial charge in [-0.25, -0.2) is 4.39 Å². The number of halogens is 1. The summed E-state index contributed by atoms with van der Waals surface area (Å²) in [6, 6.07) is 6.42. The summed E-state index contributed by atoms with van der Waals surface area (Å²) in [6.45, 7) is 1.41. The monoisotopic (exact) mass is 251 g/mol. The van der Waals surface area contributed by atoms with Crippen molar-refractivity contribution in [3.05, 3.63) is 35.6 Å². The number of aliphatic hydroxyl groups is 1. The first-order valence-corrected chi connectivity index (χ1v) is 5.87. The van der Waals surface area contributed by atoms with Crippen molar-refractivity contribution in [2.45, 2.75) is 19.1 Å². The first kappa shape index (κ1) is 14.7. The van der Waals surface area contributed by atoms with Gasteiger partial charge in [-0.3, -0.25) is 0 Å². The molecule has 1 rings (SSSR count). The van der Waals surface area contributed by atoms with Crippen LogP contribution in [-0.4, -0.2) is 30.9 Å². The summed E-state index contributed by atoms with van der Waals surface area (Å²) in [7, 11) is 0. The second kappa shape index (κ2) is 8.65. The molecule has 0 aromatic heterocycles. The highest BCUT2D eigenvalue weighted by Crippen LogP contribution is 2.07. The first-order chi connectivity index (χ1) is 8.74. The van der Waals surface area contributed by atoms with Crippen molar-refractivity contribution in [1.82, 2.24) is 5.32 Å². The van der Waals surface area contributed by atoms with Crippen LogP contribution in [0, 0.1) is 18.2 Å². The van der Waals surface area contributed by atoms with Gasteiger partial charge in [0.2, 0.25) is 0 Å². The molecule has 1 unspecified atom stereocenters. The molecule has 0 heterocycles. The normalized spacial score (nSPS) is 12.1. The van der Waals surface area contributed by atoms with E-state index in [0.717, 1.165) is 0 Å². The van der Waals surface area contributed by atoms with E-state index >= 15 is 0 Å². The van der Waals surface area contributed by atoms with Gasteiger partial charge in [-0.15, -0.1) is 12.3 Å². The van der Waals surface area contributed by atoms with Crippen LogP contribution in [0.4, 0.5) is 4.39 Å². The number of terminal acetylenes is 1. The Bertz CT molecular complexity index is 390. The van der Waals surface area contributed by atoms with Crippen LogP contribution in [-0.2, 0) is 11.3 Å². The highest BCUT2D eigenvalue weighted by atomic mass is 19.1. The minimum atomic E-state index is -0.616. The average Bonchev–Trinajstić information content (AvgIpc) is 2.37. The van der Waals surface area contributed by atoms with E-state index in [9.17, 15) is 9.50 Å². The van der Waals surface area contributed by atoms with E-state index in [1.807, 2.05) is 0 Å². The lowest BCUT2D eigenvalue weighted by Gasteiger charge is -2.12. The number of rotatable bonds is 8. The van der Waals surface area contributed by atoms with Gasteiger partial charge in [0.25, 0.3) is 0 Å². The van der Waals surface area contributed by atoms with Crippen LogP contribution >= 0.6 is 0 Å². The predicted molar refractivity (Wildman–Crippen MR) is 68.4 cm³/mol. The standard InChI is InChI=1S/C14H18FNO2/c1-2-3-8-16-9-13(17)11-18-10-12-6-4-5-7-14(12)15/h1,4-7,13,16-17H,3,8-11H2. The number of ether oxygens (including phenoxy) is 1. The van der Waals surface area contributed by atoms with Gasteiger partial charge in [-0.2, -0.15) is 0 Å². The van der Waals surface area contributed by atoms with Gasteiger partial charge in [0.05, 0.1) is 19.3 Å². The van der Waals surface area contributed by atoms with Crippen molar-refractivity contribution in [1.29, 1.82) is 0 Å². The molecule has 0 radical (unpaired) electrons. The van der Waals surface area contributed by atoms with Crippen molar-refractivity contribution in [2.75, 3.05) is 19.7 Å². The number of hydrogen-bond acceptors (Lipinski definition) is 3. The highest BCUT2D eigenvalue weighted by Gasteiger charge is 2.05. The molecule has 4 heteroatoms. The molecule has 1 aromatic carbocycles. The Hall–Kier alpha value is -1.41. The topological polar surface area (TPSA) is 41.5 Å². The molecule has 3 nitrogen and oxygen atoms in total. The van der Waals surface area contributed by atoms with Crippen LogP contribution in [0.2, 0.25) is 0 Å². The molecule has 0 aliphatic rings. The average molecular weight is 251 g/mol. The number of benzene rings is 1. The minimum Gasteiger partial charge on any atom is -0.389 e. The van der Waals surface area contributed by atoms with Crippen LogP contribution in [0.5, 0.6) is 0 Å². The minimum absolute atomic E-state index is 0.161. The zero-order valence-electron chi connectivity index (χ0n) is 10.2. The third-order valence-electron chi connectivity index (χ3n) is 2.35. The van der Waals surface area contributed by atoms with Gasteiger partial charge in [-0.05, 0) is 6.07 Å². The second-order valence-electron chi connectivity index (χ2n) is 3.92. The number of aliphatic hydroxyl groups excluding tert-OH is 1. The van der Waals surface area contributed by atoms with Gasteiger partial charge in [0, 0.05) is 25.1 Å². The van der Waals surface area contributed by atoms with E-state index in [1.165, 1.54) is 6.07 Å². The molecule has 98 valence electrons. The SMILES string of the molecule is C#CCCNCC(O)COCc1ccccc1F. The summed E-state index contributed by atoms with van der Waals surface area (Å²) in [5, 5.41) is 12.6. The highest BCUT2D eigenvalue weighted by molar-refractivity contribution is 5.16. The molecule has 2 N–H and O–H groups in total. The lowest BCUT2D eigenvalue weighted by atomic mass is 10.2. The lowest BCUT2D eigenvalue weighted by Crippen LogP contribution is -2.30. The Morgan fingerprint density at radius 3 is 2.94 bits per heavy atom. The van der Waals surface area contributed by atoms with E-state index in [4.69, 9.17) is 11.2 Å². The molecular weight excluding hydrogens is 233 g/mol. The Balaban J connectivity index is 2.14. The molecule has 0 aliphatic heterocycles. The van der Waals surface area contributed by atoms with Crippen molar-refractivity contribution in [2.24, 2.45) is 0 Å². The molecule has 0 fully saturated rings. The largest absolute Gasteiger partial charge is 0.389 e. The summed E-state index contributed by atoms with van der Waals surface area (Å²) in [5.41, 5.74) is 0.491. The molecule has 0 saturated heterocycles. The maximum atomic E-state index is 13.2. The van der Waals surface area contributed by atoms with Crippen molar-refractivity contribution in [3.63, 3.8) is 0 Å². The van der Waals surface area contributed by atoms with Crippen LogP contribution in [0.15, 0.2) is 24.3 Å². The van der Waals surface area contributed by atoms with E-state index in [1.54, 1.807) is 18.2 Å². The summed E-state index contributed by atoms with van der Waals surface area (Å²) in [5.74, 6) is 2.20. The van der Waals surface area contributed by atoms with Crippen LogP contribution in [0.1, 0.15) is 12.0 Å². The third kappa shape index (κ3) is 5.78. The maximum Gasteiger partial charge on any atom is 0.128 e. The predicted octanol–water partition coefficient (Wildman–Crippen LogP) is 1.32. The summed E-state index contributed by atoms with van der Waals surface area (Å²) in [6.07, 6.45) is 5.10. The zero-order chi connectivity index (χ0) is 13.2. The molecule has 0 amide bonds. The van der Waals surface area contributed by atoms with E-state index < -0.39 is 6.10 Å². The second-order valence-corrected chi connectivity index (χ2v) is 3.92. The first-order valence-electron chi connectivity index (χ1n) is 5.87. The molecule has 1 aromatic rings. The number of hydrogen-bond donors (Lipinski definition) is 2. The fraction of sp³-hybridized carbons (Fsp3) is 0.429. The molecule has 18 heavy (non-hydrogen) atoms. The van der Waals surface area contributed by atoms with Crippen molar-refractivity contribution >= 4 is 0 Å². The summed E-state index contributed by atoms with van der Waals surface area (Å²) < 4.78 is 18.5. The van der Waals surface area contributed by atoms with Crippen molar-refractivity contribution in [3.8, 4) is 12.3 Å². The molecule has 0 saturated carbocycles. The Morgan fingerprint density at radius 2 is 2.22 bits per heavy atom. The van der Waals surface area contributed by atoms with E-state index in [0.29, 0.717) is 25.1 Å². The molecular formula is C14H18FNO2. The Kier molecular flexibility index (Phi) is 7.04. The van der Waals surface area contributed by atoms with Gasteiger partial charge in [0.15, 0.2) is 0 Å². The summed E-state index contributed by atoms with van der Waals surface area (Å²) in [4.78, 5) is 0. The fourth-order valence-electron chi connectivity index (χ4n) is 1.41. The third-order valence-corrected chi connectivity index (χ3v) is 2.35. The molecule has 1 atom stereocenters. The van der Waals surface area contributed by atoms with Gasteiger partial charge < -0.3 is 15.2 Å². The van der Waals surface area contributed by atoms with Crippen molar-refractivity contribution < 1.29 is 14.2 Å². The van der Waals surface area contributed by atoms with Gasteiger partial charge in [0.1, 0.15) is 5.82 Å². The molecule has 0 bridgehead atoms. The smallest absolute Gasteiger partial charge is 0.128 e. The van der Waals surface area contributed by atoms with Gasteiger partial charge >= 0.3 is 0 Å². The molecule has 0 spiro atoms. The number of nitrogens with one attached hydrogen (secondary N) is 1. The summed E-state index contributed by atoms with van der Waals surface area (Å²) >= 11 is 0. The van der Waals surface area contributed by atoms with Crippen LogP contribution < -0.4 is 5.32 Å². The maximum absolute atomic E-state index is 13.2. The lowest BCUT2D eigenvalue weighted by molar-refractivity contribution is 0.0280. The Labute approximate surface area is 107 Å². The Morgan fingerprint density at radius 1 is 1.44 bits per heavy atom. The zero-order valence-corrected chi connectivity index (χ0v) is 10.2. The quantitative estimate of drug-likeness (QED) is 0.541. The van der Waals surface area contributed by atoms with Crippen LogP contribution in [0.3, 0.4) is 0 Å². The molecule has 0 aliphatic carbocycles. The fourth-order valence-corrected chi connectivity index (χ4v) is 1.41. The van der Waals surface area contributed by atoms with E-state index in [-0.39, 0.29) is 19.0 Å². The van der Waals surface area contributed by atoms with Crippen LogP contribution in [0.25, 0.3) is 0 Å². The van der Waals surface area contributed by atoms with E-state index in [2.05, 4.69) is 11.2 Å².